The predicted octanol–water partition coefficient (Wildman–Crippen LogP) is 2.84. The van der Waals surface area contributed by atoms with Crippen LogP contribution in [0.25, 0.3) is 0 Å². The van der Waals surface area contributed by atoms with Crippen LogP contribution < -0.4 is 16.0 Å². The molecule has 6 nitrogen and oxygen atoms in total. The van der Waals surface area contributed by atoms with Crippen molar-refractivity contribution in [2.45, 2.75) is 19.5 Å². The van der Waals surface area contributed by atoms with Gasteiger partial charge in [0.1, 0.15) is 11.5 Å². The molecule has 152 valence electrons. The Morgan fingerprint density at radius 3 is 2.68 bits per heavy atom. The van der Waals surface area contributed by atoms with Gasteiger partial charge in [-0.25, -0.2) is 14.4 Å². The molecule has 0 bridgehead atoms. The Morgan fingerprint density at radius 1 is 1.14 bits per heavy atom. The Hall–Kier alpha value is -2.91. The number of nitrogens with one attached hydrogen (secondary N) is 3. The minimum atomic E-state index is -4.51. The van der Waals surface area contributed by atoms with Crippen molar-refractivity contribution in [2.24, 2.45) is 4.99 Å². The topological polar surface area (TPSA) is 74.2 Å². The summed E-state index contributed by atoms with van der Waals surface area (Å²) in [5.41, 5.74) is -0.145. The molecule has 1 heterocycles. The summed E-state index contributed by atoms with van der Waals surface area (Å²) >= 11 is 0. The van der Waals surface area contributed by atoms with Crippen LogP contribution in [0.3, 0.4) is 0 Å². The van der Waals surface area contributed by atoms with Crippen molar-refractivity contribution in [3.05, 3.63) is 53.6 Å². The Balaban J connectivity index is 1.79. The molecule has 1 aromatic carbocycles. The van der Waals surface area contributed by atoms with E-state index in [-0.39, 0.29) is 11.8 Å². The number of aliphatic imine (C=N–C) groups is 1. The van der Waals surface area contributed by atoms with E-state index in [0.717, 1.165) is 17.8 Å². The fourth-order valence-electron chi connectivity index (χ4n) is 2.29. The first-order chi connectivity index (χ1) is 13.4. The summed E-state index contributed by atoms with van der Waals surface area (Å²) in [4.78, 5) is 11.6. The Bertz CT molecular complexity index is 779. The number of hydrogen-bond acceptors (Lipinski definition) is 4. The number of halogens is 4. The van der Waals surface area contributed by atoms with Gasteiger partial charge in [0, 0.05) is 32.4 Å². The summed E-state index contributed by atoms with van der Waals surface area (Å²) in [6, 6.07) is 7.16. The third-order valence-electron chi connectivity index (χ3n) is 3.55. The van der Waals surface area contributed by atoms with Crippen LogP contribution in [0.2, 0.25) is 0 Å². The molecule has 0 radical (unpaired) electrons. The molecule has 0 amide bonds. The monoisotopic (exact) mass is 398 g/mol. The zero-order valence-electron chi connectivity index (χ0n) is 15.4. The molecule has 0 aliphatic rings. The highest BCUT2D eigenvalue weighted by molar-refractivity contribution is 5.79. The first-order valence-electron chi connectivity index (χ1n) is 8.79. The smallest absolute Gasteiger partial charge is 0.357 e. The molecule has 0 unspecified atom stereocenters. The zero-order valence-corrected chi connectivity index (χ0v) is 15.4. The van der Waals surface area contributed by atoms with Crippen LogP contribution in [0.1, 0.15) is 18.2 Å². The number of nitrogens with zero attached hydrogens (tertiary/aromatic N) is 3. The normalized spacial score (nSPS) is 12.0. The molecular weight excluding hydrogens is 376 g/mol. The molecule has 0 spiro atoms. The molecule has 0 aliphatic carbocycles. The summed E-state index contributed by atoms with van der Waals surface area (Å²) in [5, 5.41) is 8.86. The number of anilines is 1. The second kappa shape index (κ2) is 10.4. The number of rotatable bonds is 8. The minimum absolute atomic E-state index is 0.0929. The van der Waals surface area contributed by atoms with Gasteiger partial charge >= 0.3 is 6.18 Å². The Morgan fingerprint density at radius 2 is 1.96 bits per heavy atom. The molecule has 10 heteroatoms. The quantitative estimate of drug-likeness (QED) is 0.276. The van der Waals surface area contributed by atoms with Gasteiger partial charge in [-0.05, 0) is 37.1 Å². The van der Waals surface area contributed by atoms with E-state index in [2.05, 4.69) is 30.9 Å². The van der Waals surface area contributed by atoms with Gasteiger partial charge in [0.25, 0.3) is 0 Å². The van der Waals surface area contributed by atoms with Gasteiger partial charge in [-0.2, -0.15) is 13.2 Å². The van der Waals surface area contributed by atoms with Gasteiger partial charge in [0.2, 0.25) is 5.95 Å². The predicted molar refractivity (Wildman–Crippen MR) is 99.6 cm³/mol. The molecule has 1 aromatic heterocycles. The molecule has 0 aliphatic heterocycles. The van der Waals surface area contributed by atoms with Crippen LogP contribution in [0.4, 0.5) is 23.5 Å². The number of aromatic nitrogens is 2. The molecule has 2 aromatic rings. The molecule has 0 saturated carbocycles. The molecule has 28 heavy (non-hydrogen) atoms. The van der Waals surface area contributed by atoms with Crippen molar-refractivity contribution in [1.82, 2.24) is 20.6 Å². The fourth-order valence-corrected chi connectivity index (χ4v) is 2.29. The van der Waals surface area contributed by atoms with Crippen LogP contribution in [0.5, 0.6) is 0 Å². The summed E-state index contributed by atoms with van der Waals surface area (Å²) in [5.74, 6) is 0.185. The van der Waals surface area contributed by atoms with Crippen molar-refractivity contribution in [3.8, 4) is 0 Å². The number of hydrogen-bond donors (Lipinski definition) is 3. The van der Waals surface area contributed by atoms with Crippen LogP contribution in [-0.4, -0.2) is 42.1 Å². The van der Waals surface area contributed by atoms with Gasteiger partial charge in [-0.1, -0.05) is 12.1 Å². The third-order valence-corrected chi connectivity index (χ3v) is 3.55. The molecule has 2 rings (SSSR count). The lowest BCUT2D eigenvalue weighted by atomic mass is 10.1. The van der Waals surface area contributed by atoms with Crippen LogP contribution in [0.15, 0.2) is 41.5 Å². The lowest BCUT2D eigenvalue weighted by molar-refractivity contribution is -0.141. The van der Waals surface area contributed by atoms with E-state index in [0.29, 0.717) is 38.6 Å². The maximum Gasteiger partial charge on any atom is 0.433 e. The molecular formula is C18H22F4N6. The van der Waals surface area contributed by atoms with Gasteiger partial charge in [-0.3, -0.25) is 4.99 Å². The van der Waals surface area contributed by atoms with E-state index in [9.17, 15) is 17.6 Å². The second-order valence-corrected chi connectivity index (χ2v) is 5.76. The van der Waals surface area contributed by atoms with Crippen LogP contribution in [0, 0.1) is 5.82 Å². The Kier molecular flexibility index (Phi) is 7.97. The highest BCUT2D eigenvalue weighted by Gasteiger charge is 2.32. The first kappa shape index (κ1) is 21.4. The molecule has 0 atom stereocenters. The van der Waals surface area contributed by atoms with Gasteiger partial charge in [0.05, 0.1) is 0 Å². The van der Waals surface area contributed by atoms with Crippen molar-refractivity contribution in [3.63, 3.8) is 0 Å². The van der Waals surface area contributed by atoms with E-state index in [1.807, 2.05) is 13.0 Å². The van der Waals surface area contributed by atoms with Gasteiger partial charge < -0.3 is 16.0 Å². The van der Waals surface area contributed by atoms with E-state index in [1.54, 1.807) is 6.07 Å². The maximum absolute atomic E-state index is 13.2. The SMILES string of the molecule is CCNC(=NCCc1cccc(F)c1)NCCNc1nccc(C(F)(F)F)n1. The van der Waals surface area contributed by atoms with Crippen LogP contribution >= 0.6 is 0 Å². The molecule has 3 N–H and O–H groups in total. The third kappa shape index (κ3) is 7.37. The summed E-state index contributed by atoms with van der Waals surface area (Å²) in [7, 11) is 0. The van der Waals surface area contributed by atoms with Crippen molar-refractivity contribution in [1.29, 1.82) is 0 Å². The molecule has 0 fully saturated rings. The average Bonchev–Trinajstić information content (AvgIpc) is 2.65. The lowest BCUT2D eigenvalue weighted by Gasteiger charge is -2.12. The molecule has 0 saturated heterocycles. The van der Waals surface area contributed by atoms with E-state index in [4.69, 9.17) is 0 Å². The Labute approximate surface area is 160 Å². The highest BCUT2D eigenvalue weighted by Crippen LogP contribution is 2.27. The average molecular weight is 398 g/mol. The first-order valence-corrected chi connectivity index (χ1v) is 8.79. The van der Waals surface area contributed by atoms with E-state index >= 15 is 0 Å². The van der Waals surface area contributed by atoms with Gasteiger partial charge in [-0.15, -0.1) is 0 Å². The minimum Gasteiger partial charge on any atom is -0.357 e. The van der Waals surface area contributed by atoms with E-state index < -0.39 is 11.9 Å². The van der Waals surface area contributed by atoms with Crippen molar-refractivity contribution in [2.75, 3.05) is 31.5 Å². The van der Waals surface area contributed by atoms with Crippen molar-refractivity contribution >= 4 is 11.9 Å². The van der Waals surface area contributed by atoms with Crippen LogP contribution in [-0.2, 0) is 12.6 Å². The highest BCUT2D eigenvalue weighted by atomic mass is 19.4. The maximum atomic E-state index is 13.2. The second-order valence-electron chi connectivity index (χ2n) is 5.76. The number of guanidine groups is 1. The summed E-state index contributed by atoms with van der Waals surface area (Å²) < 4.78 is 51.1. The van der Waals surface area contributed by atoms with E-state index in [1.165, 1.54) is 12.1 Å². The van der Waals surface area contributed by atoms with Gasteiger partial charge in [0.15, 0.2) is 5.96 Å². The number of alkyl halides is 3. The zero-order chi connectivity index (χ0) is 20.4. The van der Waals surface area contributed by atoms with Crippen molar-refractivity contribution < 1.29 is 17.6 Å². The standard InChI is InChI=1S/C18H22F4N6/c1-2-23-16(24-8-6-13-4-3-5-14(19)12-13)26-10-11-27-17-25-9-7-15(28-17)18(20,21)22/h3-5,7,9,12H,2,6,8,10-11H2,1H3,(H2,23,24,26)(H,25,27,28). The fraction of sp³-hybridized carbons (Fsp3) is 0.389. The largest absolute Gasteiger partial charge is 0.433 e. The lowest BCUT2D eigenvalue weighted by Crippen LogP contribution is -2.39. The number of benzene rings is 1. The summed E-state index contributed by atoms with van der Waals surface area (Å²) in [6.07, 6.45) is -2.86. The summed E-state index contributed by atoms with van der Waals surface area (Å²) in [6.45, 7) is 3.72.